The van der Waals surface area contributed by atoms with Gasteiger partial charge in [0.25, 0.3) is 0 Å². The largest absolute Gasteiger partial charge is 0.399 e. The molecule has 90 valence electrons. The number of benzene rings is 2. The monoisotopic (exact) mass is 248 g/mol. The van der Waals surface area contributed by atoms with E-state index in [2.05, 4.69) is 12.1 Å². The predicted octanol–water partition coefficient (Wildman–Crippen LogP) is 2.93. The summed E-state index contributed by atoms with van der Waals surface area (Å²) in [5, 5.41) is 0. The molecule has 2 aromatic rings. The second kappa shape index (κ2) is 6.28. The van der Waals surface area contributed by atoms with Crippen LogP contribution >= 0.6 is 12.4 Å². The van der Waals surface area contributed by atoms with Crippen molar-refractivity contribution in [2.45, 2.75) is 12.5 Å². The molecular formula is C14H17ClN2. The molecule has 0 heterocycles. The van der Waals surface area contributed by atoms with E-state index in [-0.39, 0.29) is 18.4 Å². The van der Waals surface area contributed by atoms with Gasteiger partial charge in [0.1, 0.15) is 0 Å². The molecule has 0 aromatic heterocycles. The predicted molar refractivity (Wildman–Crippen MR) is 75.2 cm³/mol. The van der Waals surface area contributed by atoms with Crippen molar-refractivity contribution in [3.05, 3.63) is 65.7 Å². The van der Waals surface area contributed by atoms with Gasteiger partial charge in [-0.25, -0.2) is 0 Å². The van der Waals surface area contributed by atoms with Gasteiger partial charge in [-0.2, -0.15) is 0 Å². The van der Waals surface area contributed by atoms with E-state index in [4.69, 9.17) is 11.5 Å². The van der Waals surface area contributed by atoms with Crippen LogP contribution in [0.25, 0.3) is 0 Å². The molecule has 0 unspecified atom stereocenters. The SMILES string of the molecule is Cl.Nc1ccc(C[C@H](N)c2ccccc2)cc1. The molecule has 0 fully saturated rings. The summed E-state index contributed by atoms with van der Waals surface area (Å²) < 4.78 is 0. The molecule has 2 rings (SSSR count). The van der Waals surface area contributed by atoms with Gasteiger partial charge in [0.2, 0.25) is 0 Å². The van der Waals surface area contributed by atoms with Crippen LogP contribution < -0.4 is 11.5 Å². The molecule has 0 spiro atoms. The second-order valence-corrected chi connectivity index (χ2v) is 3.96. The first-order chi connectivity index (χ1) is 7.75. The number of halogens is 1. The lowest BCUT2D eigenvalue weighted by molar-refractivity contribution is 0.722. The highest BCUT2D eigenvalue weighted by molar-refractivity contribution is 5.85. The molecule has 17 heavy (non-hydrogen) atoms. The Morgan fingerprint density at radius 2 is 1.47 bits per heavy atom. The van der Waals surface area contributed by atoms with E-state index < -0.39 is 0 Å². The third-order valence-electron chi connectivity index (χ3n) is 2.66. The highest BCUT2D eigenvalue weighted by atomic mass is 35.5. The molecule has 0 aliphatic heterocycles. The molecule has 0 bridgehead atoms. The van der Waals surface area contributed by atoms with Crippen LogP contribution in [0.4, 0.5) is 5.69 Å². The van der Waals surface area contributed by atoms with Crippen molar-refractivity contribution in [3.8, 4) is 0 Å². The number of hydrogen-bond acceptors (Lipinski definition) is 2. The molecule has 0 saturated heterocycles. The summed E-state index contributed by atoms with van der Waals surface area (Å²) in [4.78, 5) is 0. The second-order valence-electron chi connectivity index (χ2n) is 3.96. The molecule has 0 aliphatic rings. The zero-order valence-electron chi connectivity index (χ0n) is 9.54. The minimum absolute atomic E-state index is 0. The van der Waals surface area contributed by atoms with E-state index in [1.54, 1.807) is 0 Å². The first kappa shape index (κ1) is 13.6. The van der Waals surface area contributed by atoms with Crippen molar-refractivity contribution >= 4 is 18.1 Å². The lowest BCUT2D eigenvalue weighted by atomic mass is 10.00. The van der Waals surface area contributed by atoms with E-state index in [1.807, 2.05) is 42.5 Å². The maximum atomic E-state index is 6.13. The summed E-state index contributed by atoms with van der Waals surface area (Å²) in [6, 6.07) is 18.1. The number of nitrogen functional groups attached to an aromatic ring is 1. The summed E-state index contributed by atoms with van der Waals surface area (Å²) in [5.41, 5.74) is 14.9. The van der Waals surface area contributed by atoms with Crippen LogP contribution in [-0.4, -0.2) is 0 Å². The van der Waals surface area contributed by atoms with Crippen LogP contribution in [0.3, 0.4) is 0 Å². The topological polar surface area (TPSA) is 52.0 Å². The Balaban J connectivity index is 0.00000144. The summed E-state index contributed by atoms with van der Waals surface area (Å²) in [5.74, 6) is 0. The normalized spacial score (nSPS) is 11.6. The molecule has 4 N–H and O–H groups in total. The first-order valence-electron chi connectivity index (χ1n) is 5.40. The number of hydrogen-bond donors (Lipinski definition) is 2. The number of anilines is 1. The Morgan fingerprint density at radius 1 is 0.882 bits per heavy atom. The quantitative estimate of drug-likeness (QED) is 0.821. The van der Waals surface area contributed by atoms with Gasteiger partial charge in [-0.15, -0.1) is 12.4 Å². The fourth-order valence-corrected chi connectivity index (χ4v) is 1.73. The molecule has 2 nitrogen and oxygen atoms in total. The third kappa shape index (κ3) is 3.77. The van der Waals surface area contributed by atoms with Crippen molar-refractivity contribution in [1.82, 2.24) is 0 Å². The number of rotatable bonds is 3. The summed E-state index contributed by atoms with van der Waals surface area (Å²) in [6.45, 7) is 0. The highest BCUT2D eigenvalue weighted by Gasteiger charge is 2.05. The average Bonchev–Trinajstić information content (AvgIpc) is 2.33. The molecule has 1 atom stereocenters. The Labute approximate surface area is 108 Å². The van der Waals surface area contributed by atoms with Crippen LogP contribution in [-0.2, 0) is 6.42 Å². The van der Waals surface area contributed by atoms with E-state index >= 15 is 0 Å². The minimum atomic E-state index is 0. The molecule has 3 heteroatoms. The van der Waals surface area contributed by atoms with Crippen LogP contribution in [0, 0.1) is 0 Å². The van der Waals surface area contributed by atoms with Crippen molar-refractivity contribution in [2.24, 2.45) is 5.73 Å². The van der Waals surface area contributed by atoms with E-state index in [0.717, 1.165) is 12.1 Å². The van der Waals surface area contributed by atoms with Crippen molar-refractivity contribution in [1.29, 1.82) is 0 Å². The van der Waals surface area contributed by atoms with Crippen molar-refractivity contribution in [2.75, 3.05) is 5.73 Å². The molecule has 0 aliphatic carbocycles. The lowest BCUT2D eigenvalue weighted by Crippen LogP contribution is -2.13. The molecular weight excluding hydrogens is 232 g/mol. The fraction of sp³-hybridized carbons (Fsp3) is 0.143. The van der Waals surface area contributed by atoms with Crippen LogP contribution in [0.2, 0.25) is 0 Å². The fourth-order valence-electron chi connectivity index (χ4n) is 1.73. The maximum Gasteiger partial charge on any atom is 0.0335 e. The van der Waals surface area contributed by atoms with Gasteiger partial charge in [-0.05, 0) is 29.7 Å². The van der Waals surface area contributed by atoms with Crippen LogP contribution in [0.1, 0.15) is 17.2 Å². The van der Waals surface area contributed by atoms with Gasteiger partial charge >= 0.3 is 0 Å². The summed E-state index contributed by atoms with van der Waals surface area (Å²) in [7, 11) is 0. The number of nitrogens with two attached hydrogens (primary N) is 2. The van der Waals surface area contributed by atoms with Crippen LogP contribution in [0.15, 0.2) is 54.6 Å². The van der Waals surface area contributed by atoms with E-state index in [0.29, 0.717) is 0 Å². The first-order valence-corrected chi connectivity index (χ1v) is 5.40. The zero-order valence-corrected chi connectivity index (χ0v) is 10.4. The zero-order chi connectivity index (χ0) is 11.4. The molecule has 2 aromatic carbocycles. The lowest BCUT2D eigenvalue weighted by Gasteiger charge is -2.12. The van der Waals surface area contributed by atoms with Crippen molar-refractivity contribution in [3.63, 3.8) is 0 Å². The van der Waals surface area contributed by atoms with Crippen molar-refractivity contribution < 1.29 is 0 Å². The summed E-state index contributed by atoms with van der Waals surface area (Å²) >= 11 is 0. The Morgan fingerprint density at radius 3 is 2.06 bits per heavy atom. The maximum absolute atomic E-state index is 6.13. The van der Waals surface area contributed by atoms with Gasteiger partial charge in [-0.3, -0.25) is 0 Å². The Bertz CT molecular complexity index is 440. The third-order valence-corrected chi connectivity index (χ3v) is 2.66. The smallest absolute Gasteiger partial charge is 0.0335 e. The minimum Gasteiger partial charge on any atom is -0.399 e. The van der Waals surface area contributed by atoms with Gasteiger partial charge in [0.15, 0.2) is 0 Å². The van der Waals surface area contributed by atoms with E-state index in [9.17, 15) is 0 Å². The van der Waals surface area contributed by atoms with E-state index in [1.165, 1.54) is 11.1 Å². The van der Waals surface area contributed by atoms with Crippen LogP contribution in [0.5, 0.6) is 0 Å². The molecule has 0 radical (unpaired) electrons. The Kier molecular flexibility index (Phi) is 5.01. The van der Waals surface area contributed by atoms with Gasteiger partial charge in [0.05, 0.1) is 0 Å². The summed E-state index contributed by atoms with van der Waals surface area (Å²) in [6.07, 6.45) is 0.838. The molecule has 0 amide bonds. The Hall–Kier alpha value is -1.51. The average molecular weight is 249 g/mol. The van der Waals surface area contributed by atoms with Gasteiger partial charge in [-0.1, -0.05) is 42.5 Å². The highest BCUT2D eigenvalue weighted by Crippen LogP contribution is 2.16. The van der Waals surface area contributed by atoms with Gasteiger partial charge < -0.3 is 11.5 Å². The molecule has 0 saturated carbocycles. The standard InChI is InChI=1S/C14H16N2.ClH/c15-13-8-6-11(7-9-13)10-14(16)12-4-2-1-3-5-12;/h1-9,14H,10,15-16H2;1H/t14-;/m0./s1. The van der Waals surface area contributed by atoms with Gasteiger partial charge in [0, 0.05) is 11.7 Å².